The number of nitrogens with two attached hydrogens (primary N) is 1. The number of carbonyl (C=O) groups is 1. The molecule has 4 rings (SSSR count). The summed E-state index contributed by atoms with van der Waals surface area (Å²) in [7, 11) is 3.72. The summed E-state index contributed by atoms with van der Waals surface area (Å²) < 4.78 is 10.5. The van der Waals surface area contributed by atoms with Gasteiger partial charge >= 0.3 is 6.01 Å². The van der Waals surface area contributed by atoms with Gasteiger partial charge in [-0.25, -0.2) is 4.98 Å². The zero-order valence-electron chi connectivity index (χ0n) is 17.4. The Balaban J connectivity index is 1.48. The van der Waals surface area contributed by atoms with Crippen molar-refractivity contribution >= 4 is 23.4 Å². The summed E-state index contributed by atoms with van der Waals surface area (Å²) in [5.74, 6) is 1.67. The lowest BCUT2D eigenvalue weighted by molar-refractivity contribution is -0.117. The molecule has 2 aliphatic heterocycles. The molecule has 10 heteroatoms. The van der Waals surface area contributed by atoms with Gasteiger partial charge in [0.05, 0.1) is 19.6 Å². The van der Waals surface area contributed by atoms with Crippen LogP contribution in [0.15, 0.2) is 18.3 Å². The van der Waals surface area contributed by atoms with Crippen LogP contribution in [0, 0.1) is 0 Å². The van der Waals surface area contributed by atoms with Crippen LogP contribution in [0.25, 0.3) is 0 Å². The molecular formula is C20H27N7O3. The van der Waals surface area contributed by atoms with E-state index in [2.05, 4.69) is 31.8 Å². The minimum atomic E-state index is -0.0665. The Hall–Kier alpha value is -2.98. The average Bonchev–Trinajstić information content (AvgIpc) is 3.06. The van der Waals surface area contributed by atoms with Crippen molar-refractivity contribution in [3.8, 4) is 6.01 Å². The predicted molar refractivity (Wildman–Crippen MR) is 113 cm³/mol. The summed E-state index contributed by atoms with van der Waals surface area (Å²) in [6, 6.07) is 4.16. The second kappa shape index (κ2) is 8.80. The smallest absolute Gasteiger partial charge is 0.320 e. The molecule has 2 aromatic rings. The van der Waals surface area contributed by atoms with Crippen LogP contribution in [0.1, 0.15) is 11.1 Å². The molecule has 0 spiro atoms. The van der Waals surface area contributed by atoms with Crippen LogP contribution in [0.3, 0.4) is 0 Å². The molecule has 1 amide bonds. The minimum absolute atomic E-state index is 0.0665. The molecule has 1 fully saturated rings. The van der Waals surface area contributed by atoms with E-state index in [4.69, 9.17) is 15.2 Å². The number of rotatable bonds is 7. The molecule has 0 aromatic carbocycles. The van der Waals surface area contributed by atoms with E-state index in [1.54, 1.807) is 12.0 Å². The summed E-state index contributed by atoms with van der Waals surface area (Å²) in [5.41, 5.74) is 7.61. The van der Waals surface area contributed by atoms with Gasteiger partial charge in [-0.3, -0.25) is 9.69 Å². The Kier molecular flexibility index (Phi) is 5.96. The van der Waals surface area contributed by atoms with Crippen molar-refractivity contribution < 1.29 is 14.3 Å². The molecule has 10 nitrogen and oxygen atoms in total. The molecule has 0 saturated carbocycles. The van der Waals surface area contributed by atoms with E-state index in [-0.39, 0.29) is 24.2 Å². The molecule has 2 aliphatic rings. The van der Waals surface area contributed by atoms with E-state index in [9.17, 15) is 4.79 Å². The first kappa shape index (κ1) is 20.3. The maximum absolute atomic E-state index is 12.6. The summed E-state index contributed by atoms with van der Waals surface area (Å²) in [4.78, 5) is 32.0. The van der Waals surface area contributed by atoms with E-state index in [0.717, 1.165) is 37.6 Å². The van der Waals surface area contributed by atoms with Crippen LogP contribution in [0.2, 0.25) is 0 Å². The predicted octanol–water partition coefficient (Wildman–Crippen LogP) is 0.320. The molecule has 0 radical (unpaired) electrons. The highest BCUT2D eigenvalue weighted by atomic mass is 16.5. The van der Waals surface area contributed by atoms with E-state index in [1.165, 1.54) is 0 Å². The Labute approximate surface area is 175 Å². The SMILES string of the molecule is COCCOc1nc(N)c2c(n1)N(Cc1ccc(N3CCN(C)CC3)nc1)C(=O)C2. The first-order chi connectivity index (χ1) is 14.5. The monoisotopic (exact) mass is 413 g/mol. The van der Waals surface area contributed by atoms with Crippen LogP contribution < -0.4 is 20.3 Å². The third-order valence-electron chi connectivity index (χ3n) is 5.38. The number of nitrogen functional groups attached to an aromatic ring is 1. The topological polar surface area (TPSA) is 110 Å². The van der Waals surface area contributed by atoms with Crippen LogP contribution in [0.5, 0.6) is 6.01 Å². The number of hydrogen-bond donors (Lipinski definition) is 1. The second-order valence-electron chi connectivity index (χ2n) is 7.51. The first-order valence-corrected chi connectivity index (χ1v) is 10.0. The fourth-order valence-corrected chi connectivity index (χ4v) is 3.59. The number of piperazine rings is 1. The van der Waals surface area contributed by atoms with E-state index >= 15 is 0 Å². The number of fused-ring (bicyclic) bond motifs is 1. The molecule has 2 aromatic heterocycles. The normalized spacial score (nSPS) is 16.8. The zero-order chi connectivity index (χ0) is 21.1. The number of aromatic nitrogens is 3. The molecule has 0 atom stereocenters. The standard InChI is InChI=1S/C20H27N7O3/c1-25-5-7-26(8-6-25)16-4-3-14(12-22-16)13-27-17(28)11-15-18(21)23-20(24-19(15)27)30-10-9-29-2/h3-4,12H,5-11,13H2,1-2H3,(H2,21,23,24). The lowest BCUT2D eigenvalue weighted by Gasteiger charge is -2.33. The third-order valence-corrected chi connectivity index (χ3v) is 5.38. The Morgan fingerprint density at radius 1 is 1.13 bits per heavy atom. The Bertz CT molecular complexity index is 898. The third kappa shape index (κ3) is 4.29. The van der Waals surface area contributed by atoms with Crippen LogP contribution in [-0.4, -0.2) is 79.3 Å². The van der Waals surface area contributed by atoms with Gasteiger partial charge in [0.2, 0.25) is 5.91 Å². The van der Waals surface area contributed by atoms with Gasteiger partial charge in [0.15, 0.2) is 0 Å². The molecule has 0 unspecified atom stereocenters. The number of carbonyl (C=O) groups excluding carboxylic acids is 1. The highest BCUT2D eigenvalue weighted by Gasteiger charge is 2.32. The molecule has 4 heterocycles. The highest BCUT2D eigenvalue weighted by molar-refractivity contribution is 6.01. The van der Waals surface area contributed by atoms with Gasteiger partial charge in [-0.15, -0.1) is 0 Å². The van der Waals surface area contributed by atoms with E-state index in [0.29, 0.717) is 31.1 Å². The van der Waals surface area contributed by atoms with Gasteiger partial charge in [-0.05, 0) is 18.7 Å². The van der Waals surface area contributed by atoms with Gasteiger partial charge in [0.1, 0.15) is 24.1 Å². The number of likely N-dealkylation sites (N-methyl/N-ethyl adjacent to an activating group) is 1. The molecule has 30 heavy (non-hydrogen) atoms. The van der Waals surface area contributed by atoms with Crippen molar-refractivity contribution in [2.45, 2.75) is 13.0 Å². The first-order valence-electron chi connectivity index (χ1n) is 10.0. The van der Waals surface area contributed by atoms with Gasteiger partial charge in [-0.2, -0.15) is 9.97 Å². The van der Waals surface area contributed by atoms with Crippen molar-refractivity contribution in [3.63, 3.8) is 0 Å². The number of anilines is 3. The number of pyridine rings is 1. The number of methoxy groups -OCH3 is 1. The van der Waals surface area contributed by atoms with Crippen molar-refractivity contribution in [2.24, 2.45) is 0 Å². The number of nitrogens with zero attached hydrogens (tertiary/aromatic N) is 6. The molecule has 160 valence electrons. The van der Waals surface area contributed by atoms with Gasteiger partial charge in [0.25, 0.3) is 0 Å². The van der Waals surface area contributed by atoms with E-state index < -0.39 is 0 Å². The molecule has 2 N–H and O–H groups in total. The zero-order valence-corrected chi connectivity index (χ0v) is 17.4. The number of ether oxygens (including phenoxy) is 2. The molecular weight excluding hydrogens is 386 g/mol. The lowest BCUT2D eigenvalue weighted by Crippen LogP contribution is -2.44. The van der Waals surface area contributed by atoms with Crippen LogP contribution in [-0.2, 0) is 22.5 Å². The number of amides is 1. The molecule has 0 aliphatic carbocycles. The fraction of sp³-hybridized carbons (Fsp3) is 0.500. The van der Waals surface area contributed by atoms with Gasteiger partial charge in [0, 0.05) is 45.0 Å². The fourth-order valence-electron chi connectivity index (χ4n) is 3.59. The summed E-state index contributed by atoms with van der Waals surface area (Å²) in [6.07, 6.45) is 2.01. The molecule has 1 saturated heterocycles. The van der Waals surface area contributed by atoms with Crippen molar-refractivity contribution in [1.82, 2.24) is 19.9 Å². The van der Waals surface area contributed by atoms with Gasteiger partial charge < -0.3 is 25.0 Å². The van der Waals surface area contributed by atoms with E-state index in [1.807, 2.05) is 18.3 Å². The average molecular weight is 413 g/mol. The summed E-state index contributed by atoms with van der Waals surface area (Å²) >= 11 is 0. The lowest BCUT2D eigenvalue weighted by atomic mass is 10.2. The largest absolute Gasteiger partial charge is 0.461 e. The minimum Gasteiger partial charge on any atom is -0.461 e. The highest BCUT2D eigenvalue weighted by Crippen LogP contribution is 2.33. The quantitative estimate of drug-likeness (QED) is 0.642. The summed E-state index contributed by atoms with van der Waals surface area (Å²) in [6.45, 7) is 5.06. The Morgan fingerprint density at radius 2 is 1.93 bits per heavy atom. The summed E-state index contributed by atoms with van der Waals surface area (Å²) in [5, 5.41) is 0. The van der Waals surface area contributed by atoms with Crippen LogP contribution in [0.4, 0.5) is 17.5 Å². The van der Waals surface area contributed by atoms with Gasteiger partial charge in [-0.1, -0.05) is 6.07 Å². The maximum atomic E-state index is 12.6. The number of hydrogen-bond acceptors (Lipinski definition) is 9. The molecule has 0 bridgehead atoms. The Morgan fingerprint density at radius 3 is 2.63 bits per heavy atom. The second-order valence-corrected chi connectivity index (χ2v) is 7.51. The van der Waals surface area contributed by atoms with Crippen LogP contribution >= 0.6 is 0 Å². The van der Waals surface area contributed by atoms with Crippen molar-refractivity contribution in [3.05, 3.63) is 29.5 Å². The maximum Gasteiger partial charge on any atom is 0.320 e. The van der Waals surface area contributed by atoms with Crippen molar-refractivity contribution in [2.75, 3.05) is 69.1 Å². The van der Waals surface area contributed by atoms with Crippen molar-refractivity contribution in [1.29, 1.82) is 0 Å².